The second kappa shape index (κ2) is 6.29. The maximum Gasteiger partial charge on any atom is 0.134 e. The zero-order chi connectivity index (χ0) is 13.7. The molecule has 19 heavy (non-hydrogen) atoms. The number of rotatable bonds is 5. The van der Waals surface area contributed by atoms with Crippen molar-refractivity contribution in [1.82, 2.24) is 9.97 Å². The first kappa shape index (κ1) is 13.5. The molecule has 1 unspecified atom stereocenters. The highest BCUT2D eigenvalue weighted by atomic mass is 16.5. The Kier molecular flexibility index (Phi) is 4.47. The summed E-state index contributed by atoms with van der Waals surface area (Å²) in [7, 11) is 1.64. The highest BCUT2D eigenvalue weighted by Gasteiger charge is 2.12. The van der Waals surface area contributed by atoms with E-state index in [1.165, 1.54) is 0 Å². The molecule has 0 bridgehead atoms. The fraction of sp³-hybridized carbons (Fsp3) is 0.333. The normalized spacial score (nSPS) is 12.2. The monoisotopic (exact) mass is 258 g/mol. The third kappa shape index (κ3) is 3.09. The van der Waals surface area contributed by atoms with Crippen LogP contribution in [0.25, 0.3) is 11.3 Å². The lowest BCUT2D eigenvalue weighted by Gasteiger charge is -2.11. The lowest BCUT2D eigenvalue weighted by Crippen LogP contribution is -2.08. The third-order valence-electron chi connectivity index (χ3n) is 3.14. The molecule has 1 aromatic heterocycles. The second-order valence-electron chi connectivity index (χ2n) is 4.32. The van der Waals surface area contributed by atoms with Gasteiger partial charge in [0.2, 0.25) is 0 Å². The highest BCUT2D eigenvalue weighted by molar-refractivity contribution is 5.59. The van der Waals surface area contributed by atoms with Gasteiger partial charge >= 0.3 is 0 Å². The fourth-order valence-corrected chi connectivity index (χ4v) is 1.89. The number of aliphatic hydroxyl groups excluding tert-OH is 1. The summed E-state index contributed by atoms with van der Waals surface area (Å²) < 4.78 is 5.14. The Hall–Kier alpha value is -1.94. The van der Waals surface area contributed by atoms with Crippen LogP contribution in [0.2, 0.25) is 0 Å². The van der Waals surface area contributed by atoms with Gasteiger partial charge in [-0.1, -0.05) is 6.92 Å². The Labute approximate surface area is 113 Å². The SMILES string of the molecule is CCC(CO)c1nccc(-c2ccc(OC)cc2)n1. The minimum absolute atomic E-state index is 0.00167. The first-order chi connectivity index (χ1) is 9.28. The smallest absolute Gasteiger partial charge is 0.134 e. The molecule has 0 radical (unpaired) electrons. The van der Waals surface area contributed by atoms with Gasteiger partial charge in [0, 0.05) is 17.7 Å². The molecule has 0 aliphatic heterocycles. The average Bonchev–Trinajstić information content (AvgIpc) is 2.49. The molecule has 0 saturated heterocycles. The topological polar surface area (TPSA) is 55.2 Å². The van der Waals surface area contributed by atoms with Gasteiger partial charge in [0.1, 0.15) is 11.6 Å². The van der Waals surface area contributed by atoms with E-state index in [0.717, 1.165) is 23.4 Å². The summed E-state index contributed by atoms with van der Waals surface area (Å²) in [5.41, 5.74) is 1.87. The molecule has 0 spiro atoms. The summed E-state index contributed by atoms with van der Waals surface area (Å²) in [6.07, 6.45) is 2.56. The summed E-state index contributed by atoms with van der Waals surface area (Å²) in [6, 6.07) is 9.60. The second-order valence-corrected chi connectivity index (χ2v) is 4.32. The van der Waals surface area contributed by atoms with Crippen molar-refractivity contribution in [2.24, 2.45) is 0 Å². The van der Waals surface area contributed by atoms with E-state index < -0.39 is 0 Å². The zero-order valence-electron chi connectivity index (χ0n) is 11.2. The Morgan fingerprint density at radius 3 is 2.53 bits per heavy atom. The molecule has 0 saturated carbocycles. The predicted octanol–water partition coefficient (Wildman–Crippen LogP) is 2.64. The van der Waals surface area contributed by atoms with Gasteiger partial charge in [-0.05, 0) is 36.8 Å². The molecule has 0 aliphatic rings. The number of benzene rings is 1. The fourth-order valence-electron chi connectivity index (χ4n) is 1.89. The summed E-state index contributed by atoms with van der Waals surface area (Å²) in [4.78, 5) is 8.77. The van der Waals surface area contributed by atoms with Crippen LogP contribution in [0.3, 0.4) is 0 Å². The van der Waals surface area contributed by atoms with Crippen LogP contribution < -0.4 is 4.74 Å². The van der Waals surface area contributed by atoms with Crippen LogP contribution in [0.15, 0.2) is 36.5 Å². The molecule has 0 amide bonds. The molecule has 1 atom stereocenters. The van der Waals surface area contributed by atoms with Gasteiger partial charge in [-0.15, -0.1) is 0 Å². The molecule has 1 aromatic carbocycles. The predicted molar refractivity (Wildman–Crippen MR) is 74.1 cm³/mol. The van der Waals surface area contributed by atoms with Crippen LogP contribution in [0, 0.1) is 0 Å². The number of hydrogen-bond donors (Lipinski definition) is 1. The molecule has 1 heterocycles. The van der Waals surface area contributed by atoms with Crippen LogP contribution >= 0.6 is 0 Å². The Morgan fingerprint density at radius 2 is 1.95 bits per heavy atom. The van der Waals surface area contributed by atoms with Crippen molar-refractivity contribution < 1.29 is 9.84 Å². The lowest BCUT2D eigenvalue weighted by molar-refractivity contribution is 0.257. The minimum Gasteiger partial charge on any atom is -0.497 e. The van der Waals surface area contributed by atoms with E-state index in [9.17, 15) is 5.11 Å². The lowest BCUT2D eigenvalue weighted by atomic mass is 10.1. The maximum absolute atomic E-state index is 9.31. The average molecular weight is 258 g/mol. The Balaban J connectivity index is 2.31. The van der Waals surface area contributed by atoms with Crippen molar-refractivity contribution in [2.75, 3.05) is 13.7 Å². The number of ether oxygens (including phenoxy) is 1. The van der Waals surface area contributed by atoms with E-state index in [1.807, 2.05) is 37.3 Å². The molecule has 100 valence electrons. The molecule has 2 aromatic rings. The van der Waals surface area contributed by atoms with Crippen LogP contribution in [0.4, 0.5) is 0 Å². The third-order valence-corrected chi connectivity index (χ3v) is 3.14. The van der Waals surface area contributed by atoms with Gasteiger partial charge in [-0.3, -0.25) is 0 Å². The van der Waals surface area contributed by atoms with Gasteiger partial charge in [0.15, 0.2) is 0 Å². The van der Waals surface area contributed by atoms with Crippen molar-refractivity contribution in [3.05, 3.63) is 42.4 Å². The minimum atomic E-state index is -0.00167. The Bertz CT molecular complexity index is 522. The van der Waals surface area contributed by atoms with Gasteiger partial charge < -0.3 is 9.84 Å². The maximum atomic E-state index is 9.31. The van der Waals surface area contributed by atoms with E-state index in [1.54, 1.807) is 13.3 Å². The number of aliphatic hydroxyl groups is 1. The molecular weight excluding hydrogens is 240 g/mol. The van der Waals surface area contributed by atoms with Crippen LogP contribution in [-0.4, -0.2) is 28.8 Å². The largest absolute Gasteiger partial charge is 0.497 e. The summed E-state index contributed by atoms with van der Waals surface area (Å²) in [5, 5.41) is 9.31. The number of hydrogen-bond acceptors (Lipinski definition) is 4. The van der Waals surface area contributed by atoms with E-state index in [-0.39, 0.29) is 12.5 Å². The van der Waals surface area contributed by atoms with Gasteiger partial charge in [0.05, 0.1) is 19.4 Å². The molecule has 0 fully saturated rings. The van der Waals surface area contributed by atoms with Crippen LogP contribution in [0.5, 0.6) is 5.75 Å². The number of aromatic nitrogens is 2. The van der Waals surface area contributed by atoms with E-state index >= 15 is 0 Å². The van der Waals surface area contributed by atoms with E-state index in [0.29, 0.717) is 5.82 Å². The molecular formula is C15H18N2O2. The van der Waals surface area contributed by atoms with Crippen molar-refractivity contribution >= 4 is 0 Å². The molecule has 4 nitrogen and oxygen atoms in total. The zero-order valence-corrected chi connectivity index (χ0v) is 11.2. The van der Waals surface area contributed by atoms with Gasteiger partial charge in [-0.25, -0.2) is 9.97 Å². The van der Waals surface area contributed by atoms with Crippen molar-refractivity contribution in [3.8, 4) is 17.0 Å². The summed E-state index contributed by atoms with van der Waals surface area (Å²) >= 11 is 0. The Morgan fingerprint density at radius 1 is 1.21 bits per heavy atom. The van der Waals surface area contributed by atoms with Crippen molar-refractivity contribution in [1.29, 1.82) is 0 Å². The number of methoxy groups -OCH3 is 1. The van der Waals surface area contributed by atoms with Crippen LogP contribution in [-0.2, 0) is 0 Å². The first-order valence-electron chi connectivity index (χ1n) is 6.36. The van der Waals surface area contributed by atoms with E-state index in [2.05, 4.69) is 9.97 Å². The van der Waals surface area contributed by atoms with Gasteiger partial charge in [-0.2, -0.15) is 0 Å². The first-order valence-corrected chi connectivity index (χ1v) is 6.36. The molecule has 2 rings (SSSR count). The standard InChI is InChI=1S/C15H18N2O2/c1-3-11(10-18)15-16-9-8-14(17-15)12-4-6-13(19-2)7-5-12/h4-9,11,18H,3,10H2,1-2H3. The molecule has 1 N–H and O–H groups in total. The highest BCUT2D eigenvalue weighted by Crippen LogP contribution is 2.22. The van der Waals surface area contributed by atoms with Crippen molar-refractivity contribution in [2.45, 2.75) is 19.3 Å². The summed E-state index contributed by atoms with van der Waals surface area (Å²) in [5.74, 6) is 1.51. The van der Waals surface area contributed by atoms with Crippen LogP contribution in [0.1, 0.15) is 25.1 Å². The summed E-state index contributed by atoms with van der Waals surface area (Å²) in [6.45, 7) is 2.09. The number of nitrogens with zero attached hydrogens (tertiary/aromatic N) is 2. The molecule has 0 aliphatic carbocycles. The quantitative estimate of drug-likeness (QED) is 0.895. The molecule has 4 heteroatoms. The van der Waals surface area contributed by atoms with Gasteiger partial charge in [0.25, 0.3) is 0 Å². The van der Waals surface area contributed by atoms with E-state index in [4.69, 9.17) is 4.74 Å². The van der Waals surface area contributed by atoms with Crippen molar-refractivity contribution in [3.63, 3.8) is 0 Å².